The molecular weight excluding hydrogens is 247 g/mol. The summed E-state index contributed by atoms with van der Waals surface area (Å²) in [6, 6.07) is 4.35. The summed E-state index contributed by atoms with van der Waals surface area (Å²) in [7, 11) is 1.57. The largest absolute Gasteiger partial charge is 0.383 e. The fourth-order valence-corrected chi connectivity index (χ4v) is 1.74. The molecule has 1 aromatic rings. The molecule has 0 aliphatic carbocycles. The molecule has 0 fully saturated rings. The number of hydrogen-bond acceptors (Lipinski definition) is 3. The summed E-state index contributed by atoms with van der Waals surface area (Å²) in [5, 5.41) is 5.72. The van der Waals surface area contributed by atoms with Gasteiger partial charge in [0.2, 0.25) is 0 Å². The molecule has 1 unspecified atom stereocenters. The zero-order valence-corrected chi connectivity index (χ0v) is 11.6. The second-order valence-electron chi connectivity index (χ2n) is 4.42. The Bertz CT molecular complexity index is 424. The first-order valence-corrected chi connectivity index (χ1v) is 6.42. The Hall–Kier alpha value is -1.62. The van der Waals surface area contributed by atoms with Gasteiger partial charge in [-0.1, -0.05) is 13.0 Å². The van der Waals surface area contributed by atoms with Crippen molar-refractivity contribution in [3.63, 3.8) is 0 Å². The molecule has 106 valence electrons. The van der Waals surface area contributed by atoms with Gasteiger partial charge in [-0.15, -0.1) is 0 Å². The highest BCUT2D eigenvalue weighted by molar-refractivity contribution is 5.99. The maximum Gasteiger partial charge on any atom is 0.253 e. The minimum atomic E-state index is -0.416. The normalized spacial score (nSPS) is 12.0. The van der Waals surface area contributed by atoms with E-state index in [4.69, 9.17) is 4.74 Å². The second kappa shape index (κ2) is 7.74. The molecule has 0 aromatic heterocycles. The van der Waals surface area contributed by atoms with E-state index in [-0.39, 0.29) is 17.6 Å². The highest BCUT2D eigenvalue weighted by Gasteiger charge is 2.16. The number of carbonyl (C=O) groups is 1. The van der Waals surface area contributed by atoms with Crippen molar-refractivity contribution in [2.24, 2.45) is 0 Å². The number of benzene rings is 1. The first-order chi connectivity index (χ1) is 9.10. The van der Waals surface area contributed by atoms with Gasteiger partial charge in [-0.25, -0.2) is 4.39 Å². The third-order valence-corrected chi connectivity index (χ3v) is 2.60. The predicted molar refractivity (Wildman–Crippen MR) is 74.0 cm³/mol. The maximum atomic E-state index is 13.8. The SMILES string of the molecule is CCCNc1c(F)cccc1C(=O)NC(C)COC. The predicted octanol–water partition coefficient (Wildman–Crippen LogP) is 2.41. The van der Waals surface area contributed by atoms with Crippen LogP contribution in [0.15, 0.2) is 18.2 Å². The summed E-state index contributed by atoms with van der Waals surface area (Å²) in [4.78, 5) is 12.1. The summed E-state index contributed by atoms with van der Waals surface area (Å²) in [5.41, 5.74) is 0.572. The van der Waals surface area contributed by atoms with Crippen LogP contribution in [0.3, 0.4) is 0 Å². The number of methoxy groups -OCH3 is 1. The smallest absolute Gasteiger partial charge is 0.253 e. The van der Waals surface area contributed by atoms with Gasteiger partial charge < -0.3 is 15.4 Å². The van der Waals surface area contributed by atoms with Crippen molar-refractivity contribution in [3.05, 3.63) is 29.6 Å². The van der Waals surface area contributed by atoms with E-state index in [0.29, 0.717) is 18.7 Å². The molecule has 1 aromatic carbocycles. The zero-order valence-electron chi connectivity index (χ0n) is 11.6. The molecule has 4 nitrogen and oxygen atoms in total. The molecule has 5 heteroatoms. The van der Waals surface area contributed by atoms with E-state index < -0.39 is 5.82 Å². The average molecular weight is 268 g/mol. The van der Waals surface area contributed by atoms with Gasteiger partial charge in [-0.2, -0.15) is 0 Å². The Labute approximate surface area is 113 Å². The summed E-state index contributed by atoms with van der Waals surface area (Å²) in [6.07, 6.45) is 0.857. The minimum absolute atomic E-state index is 0.125. The van der Waals surface area contributed by atoms with Crippen molar-refractivity contribution in [2.45, 2.75) is 26.3 Å². The monoisotopic (exact) mass is 268 g/mol. The van der Waals surface area contributed by atoms with E-state index in [1.807, 2.05) is 13.8 Å². The van der Waals surface area contributed by atoms with Crippen molar-refractivity contribution in [2.75, 3.05) is 25.6 Å². The number of nitrogens with one attached hydrogen (secondary N) is 2. The van der Waals surface area contributed by atoms with Gasteiger partial charge in [-0.3, -0.25) is 4.79 Å². The molecule has 0 saturated heterocycles. The van der Waals surface area contributed by atoms with Crippen LogP contribution in [0.25, 0.3) is 0 Å². The molecule has 1 atom stereocenters. The maximum absolute atomic E-state index is 13.8. The van der Waals surface area contributed by atoms with Crippen LogP contribution in [-0.2, 0) is 4.74 Å². The van der Waals surface area contributed by atoms with E-state index in [2.05, 4.69) is 10.6 Å². The Balaban J connectivity index is 2.86. The van der Waals surface area contributed by atoms with Gasteiger partial charge in [0, 0.05) is 19.7 Å². The van der Waals surface area contributed by atoms with E-state index in [1.54, 1.807) is 13.2 Å². The molecule has 0 bridgehead atoms. The minimum Gasteiger partial charge on any atom is -0.383 e. The lowest BCUT2D eigenvalue weighted by atomic mass is 10.1. The van der Waals surface area contributed by atoms with Gasteiger partial charge >= 0.3 is 0 Å². The summed E-state index contributed by atoms with van der Waals surface area (Å²) in [6.45, 7) is 4.85. The second-order valence-corrected chi connectivity index (χ2v) is 4.42. The van der Waals surface area contributed by atoms with E-state index in [1.165, 1.54) is 12.1 Å². The van der Waals surface area contributed by atoms with Crippen molar-refractivity contribution in [3.8, 4) is 0 Å². The summed E-state index contributed by atoms with van der Waals surface area (Å²) in [5.74, 6) is -0.719. The third-order valence-electron chi connectivity index (χ3n) is 2.60. The number of rotatable bonds is 7. The molecule has 0 saturated carbocycles. The molecule has 0 aliphatic heterocycles. The number of ether oxygens (including phenoxy) is 1. The van der Waals surface area contributed by atoms with Gasteiger partial charge in [0.25, 0.3) is 5.91 Å². The number of carbonyl (C=O) groups excluding carboxylic acids is 1. The first kappa shape index (κ1) is 15.4. The molecule has 19 heavy (non-hydrogen) atoms. The fourth-order valence-electron chi connectivity index (χ4n) is 1.74. The highest BCUT2D eigenvalue weighted by Crippen LogP contribution is 2.20. The Morgan fingerprint density at radius 1 is 1.47 bits per heavy atom. The van der Waals surface area contributed by atoms with Crippen LogP contribution in [0.4, 0.5) is 10.1 Å². The first-order valence-electron chi connectivity index (χ1n) is 6.42. The third kappa shape index (κ3) is 4.52. The quantitative estimate of drug-likeness (QED) is 0.798. The van der Waals surface area contributed by atoms with Crippen LogP contribution < -0.4 is 10.6 Å². The van der Waals surface area contributed by atoms with E-state index in [9.17, 15) is 9.18 Å². The van der Waals surface area contributed by atoms with Gasteiger partial charge in [0.05, 0.1) is 17.9 Å². The van der Waals surface area contributed by atoms with Crippen LogP contribution in [0.1, 0.15) is 30.6 Å². The van der Waals surface area contributed by atoms with Crippen LogP contribution in [0.2, 0.25) is 0 Å². The lowest BCUT2D eigenvalue weighted by Gasteiger charge is -2.16. The number of hydrogen-bond donors (Lipinski definition) is 2. The summed E-state index contributed by atoms with van der Waals surface area (Å²) >= 11 is 0. The number of amides is 1. The Morgan fingerprint density at radius 2 is 2.21 bits per heavy atom. The molecule has 0 heterocycles. The van der Waals surface area contributed by atoms with E-state index >= 15 is 0 Å². The standard InChI is InChI=1S/C14H21FN2O2/c1-4-8-16-13-11(6-5-7-12(13)15)14(18)17-10(2)9-19-3/h5-7,10,16H,4,8-9H2,1-3H3,(H,17,18). The number of halogens is 1. The van der Waals surface area contributed by atoms with Crippen LogP contribution in [0.5, 0.6) is 0 Å². The molecule has 0 radical (unpaired) electrons. The number of anilines is 1. The van der Waals surface area contributed by atoms with Crippen LogP contribution in [0, 0.1) is 5.82 Å². The average Bonchev–Trinajstić information content (AvgIpc) is 2.37. The summed E-state index contributed by atoms with van der Waals surface area (Å²) < 4.78 is 18.7. The zero-order chi connectivity index (χ0) is 14.3. The van der Waals surface area contributed by atoms with Gasteiger partial charge in [-0.05, 0) is 25.5 Å². The van der Waals surface area contributed by atoms with Crippen LogP contribution >= 0.6 is 0 Å². The molecule has 1 rings (SSSR count). The highest BCUT2D eigenvalue weighted by atomic mass is 19.1. The van der Waals surface area contributed by atoms with Crippen molar-refractivity contribution < 1.29 is 13.9 Å². The van der Waals surface area contributed by atoms with Gasteiger partial charge in [0.15, 0.2) is 0 Å². The van der Waals surface area contributed by atoms with E-state index in [0.717, 1.165) is 6.42 Å². The van der Waals surface area contributed by atoms with Crippen molar-refractivity contribution >= 4 is 11.6 Å². The lowest BCUT2D eigenvalue weighted by molar-refractivity contribution is 0.0906. The lowest BCUT2D eigenvalue weighted by Crippen LogP contribution is -2.36. The molecule has 0 spiro atoms. The topological polar surface area (TPSA) is 50.4 Å². The number of para-hydroxylation sites is 1. The fraction of sp³-hybridized carbons (Fsp3) is 0.500. The van der Waals surface area contributed by atoms with Gasteiger partial charge in [0.1, 0.15) is 5.82 Å². The molecule has 0 aliphatic rings. The van der Waals surface area contributed by atoms with Crippen molar-refractivity contribution in [1.82, 2.24) is 5.32 Å². The molecule has 1 amide bonds. The molecule has 2 N–H and O–H groups in total. The Kier molecular flexibility index (Phi) is 6.29. The van der Waals surface area contributed by atoms with Crippen molar-refractivity contribution in [1.29, 1.82) is 0 Å². The molecular formula is C14H21FN2O2. The Morgan fingerprint density at radius 3 is 2.84 bits per heavy atom. The van der Waals surface area contributed by atoms with Crippen LogP contribution in [-0.4, -0.2) is 32.2 Å².